The number of hydrogen-bond donors (Lipinski definition) is 0. The Labute approximate surface area is 268 Å². The molecule has 1 aliphatic heterocycles. The minimum atomic E-state index is -0.715. The average molecular weight is 654 g/mol. The molecular weight excluding hydrogens is 623 g/mol. The number of allylic oxidation sites excluding steroid dienone is 1. The Morgan fingerprint density at radius 2 is 1.77 bits per heavy atom. The van der Waals surface area contributed by atoms with Gasteiger partial charge in [0, 0.05) is 15.6 Å². The summed E-state index contributed by atoms with van der Waals surface area (Å²) >= 11 is 13.6. The van der Waals surface area contributed by atoms with Crippen LogP contribution in [-0.4, -0.2) is 30.9 Å². The van der Waals surface area contributed by atoms with Crippen LogP contribution in [0, 0.1) is 0 Å². The van der Waals surface area contributed by atoms with Gasteiger partial charge in [0.05, 0.1) is 42.2 Å². The second-order valence-electron chi connectivity index (χ2n) is 9.74. The van der Waals surface area contributed by atoms with Crippen molar-refractivity contribution >= 4 is 46.6 Å². The van der Waals surface area contributed by atoms with Gasteiger partial charge in [-0.25, -0.2) is 9.79 Å². The molecule has 0 saturated heterocycles. The summed E-state index contributed by atoms with van der Waals surface area (Å²) in [5.41, 5.74) is 2.79. The van der Waals surface area contributed by atoms with Crippen molar-refractivity contribution in [1.29, 1.82) is 0 Å². The van der Waals surface area contributed by atoms with E-state index in [1.54, 1.807) is 61.9 Å². The van der Waals surface area contributed by atoms with Crippen molar-refractivity contribution in [2.45, 2.75) is 33.4 Å². The van der Waals surface area contributed by atoms with Crippen LogP contribution >= 0.6 is 34.5 Å². The van der Waals surface area contributed by atoms with Crippen LogP contribution in [0.25, 0.3) is 6.08 Å². The fourth-order valence-corrected chi connectivity index (χ4v) is 6.35. The van der Waals surface area contributed by atoms with E-state index in [-0.39, 0.29) is 18.8 Å². The van der Waals surface area contributed by atoms with Gasteiger partial charge in [-0.2, -0.15) is 0 Å². The van der Waals surface area contributed by atoms with E-state index >= 15 is 0 Å². The predicted octanol–water partition coefficient (Wildman–Crippen LogP) is 6.09. The molecule has 228 valence electrons. The molecule has 0 amide bonds. The smallest absolute Gasteiger partial charge is 0.338 e. The summed E-state index contributed by atoms with van der Waals surface area (Å²) in [4.78, 5) is 32.2. The number of nitrogens with zero attached hydrogens (tertiary/aromatic N) is 2. The number of rotatable bonds is 10. The molecule has 1 unspecified atom stereocenters. The summed E-state index contributed by atoms with van der Waals surface area (Å²) in [6.07, 6.45) is 1.78. The fraction of sp³-hybridized carbons (Fsp3) is 0.242. The minimum absolute atomic E-state index is 0.198. The summed E-state index contributed by atoms with van der Waals surface area (Å²) in [5.74, 6) is 1.20. The van der Waals surface area contributed by atoms with E-state index in [2.05, 4.69) is 4.99 Å². The van der Waals surface area contributed by atoms with E-state index in [0.717, 1.165) is 16.7 Å². The van der Waals surface area contributed by atoms with Crippen LogP contribution in [0.4, 0.5) is 0 Å². The predicted molar refractivity (Wildman–Crippen MR) is 172 cm³/mol. The molecule has 0 radical (unpaired) electrons. The van der Waals surface area contributed by atoms with Gasteiger partial charge in [-0.1, -0.05) is 58.8 Å². The highest BCUT2D eigenvalue weighted by Gasteiger charge is 2.33. The first-order chi connectivity index (χ1) is 21.2. The zero-order chi connectivity index (χ0) is 31.4. The Kier molecular flexibility index (Phi) is 9.78. The average Bonchev–Trinajstić information content (AvgIpc) is 3.30. The zero-order valence-corrected chi connectivity index (χ0v) is 26.9. The second kappa shape index (κ2) is 13.7. The molecule has 1 atom stereocenters. The number of aromatic nitrogens is 1. The Morgan fingerprint density at radius 1 is 1.00 bits per heavy atom. The number of benzene rings is 3. The van der Waals surface area contributed by atoms with Crippen molar-refractivity contribution in [2.24, 2.45) is 4.99 Å². The van der Waals surface area contributed by atoms with Crippen molar-refractivity contribution in [3.63, 3.8) is 0 Å². The van der Waals surface area contributed by atoms with Crippen molar-refractivity contribution in [2.75, 3.05) is 20.3 Å². The summed E-state index contributed by atoms with van der Waals surface area (Å²) in [6.45, 7) is 6.22. The molecule has 0 fully saturated rings. The topological polar surface area (TPSA) is 88.4 Å². The highest BCUT2D eigenvalue weighted by Crippen LogP contribution is 2.33. The monoisotopic (exact) mass is 652 g/mol. The lowest BCUT2D eigenvalue weighted by Gasteiger charge is -2.24. The van der Waals surface area contributed by atoms with Gasteiger partial charge in [0.15, 0.2) is 16.3 Å². The van der Waals surface area contributed by atoms with Gasteiger partial charge in [-0.15, -0.1) is 0 Å². The normalized spacial score (nSPS) is 14.6. The summed E-state index contributed by atoms with van der Waals surface area (Å²) < 4.78 is 24.6. The van der Waals surface area contributed by atoms with Gasteiger partial charge in [-0.3, -0.25) is 9.36 Å². The van der Waals surface area contributed by atoms with E-state index < -0.39 is 12.0 Å². The van der Waals surface area contributed by atoms with Gasteiger partial charge >= 0.3 is 5.97 Å². The van der Waals surface area contributed by atoms with Crippen molar-refractivity contribution < 1.29 is 23.7 Å². The SMILES string of the molecule is CCOC(=O)C1=C(C)N=c2sc(=Cc3ccc(OCc4ccc(Cl)cc4Cl)c(OCC)c3)c(=O)n2C1c1ccc(OC)cc1. The molecule has 44 heavy (non-hydrogen) atoms. The van der Waals surface area contributed by atoms with Crippen LogP contribution in [0.1, 0.15) is 43.5 Å². The molecular formula is C33H30Cl2N2O6S. The van der Waals surface area contributed by atoms with Crippen LogP contribution in [0.5, 0.6) is 17.2 Å². The molecule has 0 saturated carbocycles. The first-order valence-electron chi connectivity index (χ1n) is 13.9. The van der Waals surface area contributed by atoms with Crippen molar-refractivity contribution in [3.05, 3.63) is 118 Å². The molecule has 0 N–H and O–H groups in total. The molecule has 11 heteroatoms. The molecule has 0 spiro atoms. The number of fused-ring (bicyclic) bond motifs is 1. The number of halogens is 2. The largest absolute Gasteiger partial charge is 0.497 e. The van der Waals surface area contributed by atoms with Gasteiger partial charge in [0.2, 0.25) is 0 Å². The Balaban J connectivity index is 1.54. The molecule has 3 aromatic carbocycles. The summed E-state index contributed by atoms with van der Waals surface area (Å²) in [5, 5.41) is 1.06. The van der Waals surface area contributed by atoms with Gasteiger partial charge in [-0.05, 0) is 74.4 Å². The molecule has 0 bridgehead atoms. The quantitative estimate of drug-likeness (QED) is 0.193. The minimum Gasteiger partial charge on any atom is -0.497 e. The van der Waals surface area contributed by atoms with E-state index in [4.69, 9.17) is 42.1 Å². The Hall–Kier alpha value is -4.05. The lowest BCUT2D eigenvalue weighted by Crippen LogP contribution is -2.39. The highest BCUT2D eigenvalue weighted by atomic mass is 35.5. The van der Waals surface area contributed by atoms with Crippen molar-refractivity contribution in [1.82, 2.24) is 4.57 Å². The fourth-order valence-electron chi connectivity index (χ4n) is 4.84. The van der Waals surface area contributed by atoms with Crippen molar-refractivity contribution in [3.8, 4) is 17.2 Å². The van der Waals surface area contributed by atoms with Crippen LogP contribution in [0.3, 0.4) is 0 Å². The molecule has 2 heterocycles. The third kappa shape index (κ3) is 6.55. The second-order valence-corrected chi connectivity index (χ2v) is 11.6. The standard InChI is InChI=1S/C33H30Cl2N2O6S/c1-5-41-27-15-20(7-14-26(27)43-18-22-8-11-23(34)17-25(22)35)16-28-31(38)37-30(21-9-12-24(40-4)13-10-21)29(32(39)42-6-2)19(3)36-33(37)44-28/h7-17,30H,5-6,18H2,1-4H3. The summed E-state index contributed by atoms with van der Waals surface area (Å²) in [7, 11) is 1.58. The first-order valence-corrected chi connectivity index (χ1v) is 15.5. The highest BCUT2D eigenvalue weighted by molar-refractivity contribution is 7.07. The number of hydrogen-bond acceptors (Lipinski definition) is 8. The third-order valence-corrected chi connectivity index (χ3v) is 8.48. The number of carbonyl (C=O) groups is 1. The number of methoxy groups -OCH3 is 1. The van der Waals surface area contributed by atoms with Gasteiger partial charge < -0.3 is 18.9 Å². The van der Waals surface area contributed by atoms with E-state index in [1.165, 1.54) is 11.3 Å². The van der Waals surface area contributed by atoms with Crippen LogP contribution in [0.2, 0.25) is 10.0 Å². The van der Waals surface area contributed by atoms with Gasteiger partial charge in [0.25, 0.3) is 5.56 Å². The van der Waals surface area contributed by atoms with E-state index in [0.29, 0.717) is 54.5 Å². The molecule has 4 aromatic rings. The first kappa shape index (κ1) is 31.4. The number of ether oxygens (including phenoxy) is 4. The van der Waals surface area contributed by atoms with E-state index in [1.807, 2.05) is 37.3 Å². The van der Waals surface area contributed by atoms with Crippen LogP contribution < -0.4 is 29.1 Å². The van der Waals surface area contributed by atoms with Crippen LogP contribution in [0.15, 0.2) is 81.7 Å². The van der Waals surface area contributed by atoms with E-state index in [9.17, 15) is 9.59 Å². The molecule has 1 aromatic heterocycles. The summed E-state index contributed by atoms with van der Waals surface area (Å²) in [6, 6.07) is 17.2. The Morgan fingerprint density at radius 3 is 2.45 bits per heavy atom. The maximum absolute atomic E-state index is 14.0. The molecule has 1 aliphatic rings. The molecule has 0 aliphatic carbocycles. The van der Waals surface area contributed by atoms with Crippen LogP contribution in [-0.2, 0) is 16.1 Å². The molecule has 5 rings (SSSR count). The maximum Gasteiger partial charge on any atom is 0.338 e. The number of esters is 1. The number of thiazole rings is 1. The third-order valence-electron chi connectivity index (χ3n) is 6.91. The van der Waals surface area contributed by atoms with Gasteiger partial charge in [0.1, 0.15) is 12.4 Å². The lowest BCUT2D eigenvalue weighted by atomic mass is 9.96. The Bertz CT molecular complexity index is 1910. The lowest BCUT2D eigenvalue weighted by molar-refractivity contribution is -0.139. The molecule has 8 nitrogen and oxygen atoms in total. The number of carbonyl (C=O) groups excluding carboxylic acids is 1. The maximum atomic E-state index is 14.0. The zero-order valence-electron chi connectivity index (χ0n) is 24.6.